The number of carbonyl (C=O) groups is 1. The number of rotatable bonds is 4. The highest BCUT2D eigenvalue weighted by Crippen LogP contribution is 2.14. The second-order valence-electron chi connectivity index (χ2n) is 3.64. The third-order valence-electron chi connectivity index (χ3n) is 2.09. The summed E-state index contributed by atoms with van der Waals surface area (Å²) in [7, 11) is 0. The van der Waals surface area contributed by atoms with Gasteiger partial charge in [-0.3, -0.25) is 4.79 Å². The van der Waals surface area contributed by atoms with Gasteiger partial charge in [0.2, 0.25) is 5.91 Å². The molecule has 1 rings (SSSR count). The lowest BCUT2D eigenvalue weighted by Gasteiger charge is -2.08. The molecule has 0 bridgehead atoms. The number of hydrogen-bond donors (Lipinski definition) is 3. The molecule has 0 aromatic heterocycles. The number of benzene rings is 1. The third-order valence-corrected chi connectivity index (χ3v) is 2.09. The van der Waals surface area contributed by atoms with E-state index in [0.29, 0.717) is 18.7 Å². The molecule has 1 aromatic rings. The van der Waals surface area contributed by atoms with Gasteiger partial charge in [-0.2, -0.15) is 0 Å². The van der Waals surface area contributed by atoms with Gasteiger partial charge in [0.1, 0.15) is 5.75 Å². The van der Waals surface area contributed by atoms with Gasteiger partial charge in [0, 0.05) is 12.1 Å². The molecule has 1 unspecified atom stereocenters. The summed E-state index contributed by atoms with van der Waals surface area (Å²) >= 11 is 0. The second kappa shape index (κ2) is 5.36. The Labute approximate surface area is 89.1 Å². The van der Waals surface area contributed by atoms with E-state index in [-0.39, 0.29) is 17.6 Å². The Balaban J connectivity index is 2.48. The van der Waals surface area contributed by atoms with Crippen LogP contribution in [0.1, 0.15) is 13.3 Å². The molecule has 0 aliphatic carbocycles. The van der Waals surface area contributed by atoms with Crippen LogP contribution < -0.4 is 11.1 Å². The number of hydrogen-bond acceptors (Lipinski definition) is 3. The molecule has 0 aliphatic rings. The van der Waals surface area contributed by atoms with Crippen molar-refractivity contribution in [3.63, 3.8) is 0 Å². The molecule has 0 saturated carbocycles. The van der Waals surface area contributed by atoms with Gasteiger partial charge < -0.3 is 16.2 Å². The quantitative estimate of drug-likeness (QED) is 0.653. The monoisotopic (exact) mass is 208 g/mol. The highest BCUT2D eigenvalue weighted by molar-refractivity contribution is 5.90. The molecule has 1 aromatic carbocycles. The summed E-state index contributed by atoms with van der Waals surface area (Å²) in [5.74, 6) is 0.309. The molecule has 4 heteroatoms. The van der Waals surface area contributed by atoms with Crippen molar-refractivity contribution in [3.05, 3.63) is 24.3 Å². The number of phenols is 1. The lowest BCUT2D eigenvalue weighted by Crippen LogP contribution is -2.19. The van der Waals surface area contributed by atoms with Crippen molar-refractivity contribution in [1.82, 2.24) is 0 Å². The molecule has 0 radical (unpaired) electrons. The van der Waals surface area contributed by atoms with Crippen LogP contribution in [0.2, 0.25) is 0 Å². The largest absolute Gasteiger partial charge is 0.508 e. The van der Waals surface area contributed by atoms with Crippen molar-refractivity contribution in [1.29, 1.82) is 0 Å². The summed E-state index contributed by atoms with van der Waals surface area (Å²) < 4.78 is 0. The van der Waals surface area contributed by atoms with Crippen LogP contribution in [0.5, 0.6) is 5.75 Å². The first-order chi connectivity index (χ1) is 7.11. The van der Waals surface area contributed by atoms with E-state index in [1.807, 2.05) is 6.92 Å². The van der Waals surface area contributed by atoms with Crippen LogP contribution >= 0.6 is 0 Å². The fourth-order valence-electron chi connectivity index (χ4n) is 1.16. The SMILES string of the molecule is CC(CN)CC(=O)Nc1ccc(O)cc1. The zero-order chi connectivity index (χ0) is 11.3. The molecule has 0 saturated heterocycles. The maximum Gasteiger partial charge on any atom is 0.224 e. The predicted molar refractivity (Wildman–Crippen MR) is 59.6 cm³/mol. The fourth-order valence-corrected chi connectivity index (χ4v) is 1.16. The first kappa shape index (κ1) is 11.5. The first-order valence-corrected chi connectivity index (χ1v) is 4.90. The van der Waals surface area contributed by atoms with Gasteiger partial charge in [-0.15, -0.1) is 0 Å². The Morgan fingerprint density at radius 2 is 2.07 bits per heavy atom. The molecule has 4 N–H and O–H groups in total. The van der Waals surface area contributed by atoms with E-state index in [1.165, 1.54) is 12.1 Å². The molecule has 0 heterocycles. The van der Waals surface area contributed by atoms with Gasteiger partial charge in [0.15, 0.2) is 0 Å². The summed E-state index contributed by atoms with van der Waals surface area (Å²) in [5, 5.41) is 11.8. The van der Waals surface area contributed by atoms with E-state index >= 15 is 0 Å². The minimum Gasteiger partial charge on any atom is -0.508 e. The molecular weight excluding hydrogens is 192 g/mol. The summed E-state index contributed by atoms with van der Waals surface area (Å²) in [4.78, 5) is 11.4. The Hall–Kier alpha value is -1.55. The minimum atomic E-state index is -0.0568. The van der Waals surface area contributed by atoms with Gasteiger partial charge in [-0.05, 0) is 36.7 Å². The number of carbonyl (C=O) groups excluding carboxylic acids is 1. The molecule has 1 amide bonds. The van der Waals surface area contributed by atoms with Crippen LogP contribution in [0.15, 0.2) is 24.3 Å². The standard InChI is InChI=1S/C11H16N2O2/c1-8(7-12)6-11(15)13-9-2-4-10(14)5-3-9/h2-5,8,14H,6-7,12H2,1H3,(H,13,15). The van der Waals surface area contributed by atoms with Crippen LogP contribution in [-0.4, -0.2) is 17.6 Å². The molecule has 0 fully saturated rings. The molecule has 15 heavy (non-hydrogen) atoms. The predicted octanol–water partition coefficient (Wildman–Crippen LogP) is 1.32. The van der Waals surface area contributed by atoms with Crippen molar-refractivity contribution in [2.45, 2.75) is 13.3 Å². The molecule has 82 valence electrons. The lowest BCUT2D eigenvalue weighted by atomic mass is 10.1. The molecule has 0 spiro atoms. The number of amides is 1. The molecule has 0 aliphatic heterocycles. The molecule has 1 atom stereocenters. The summed E-state index contributed by atoms with van der Waals surface area (Å²) in [5.41, 5.74) is 6.10. The number of phenolic OH excluding ortho intramolecular Hbond substituents is 1. The molecule has 4 nitrogen and oxygen atoms in total. The number of aromatic hydroxyl groups is 1. The van der Waals surface area contributed by atoms with Crippen molar-refractivity contribution in [2.24, 2.45) is 11.7 Å². The van der Waals surface area contributed by atoms with Crippen molar-refractivity contribution in [2.75, 3.05) is 11.9 Å². The number of anilines is 1. The van der Waals surface area contributed by atoms with Gasteiger partial charge in [-0.1, -0.05) is 6.92 Å². The van der Waals surface area contributed by atoms with Crippen LogP contribution in [0.4, 0.5) is 5.69 Å². The summed E-state index contributed by atoms with van der Waals surface area (Å²) in [6.07, 6.45) is 0.414. The third kappa shape index (κ3) is 3.99. The number of nitrogens with one attached hydrogen (secondary N) is 1. The lowest BCUT2D eigenvalue weighted by molar-refractivity contribution is -0.116. The zero-order valence-electron chi connectivity index (χ0n) is 8.73. The van der Waals surface area contributed by atoms with Crippen LogP contribution in [0.3, 0.4) is 0 Å². The topological polar surface area (TPSA) is 75.4 Å². The van der Waals surface area contributed by atoms with E-state index < -0.39 is 0 Å². The Morgan fingerprint density at radius 1 is 1.47 bits per heavy atom. The van der Waals surface area contributed by atoms with Gasteiger partial charge in [0.25, 0.3) is 0 Å². The Kier molecular flexibility index (Phi) is 4.12. The Morgan fingerprint density at radius 3 is 2.60 bits per heavy atom. The smallest absolute Gasteiger partial charge is 0.224 e. The highest BCUT2D eigenvalue weighted by atomic mass is 16.3. The second-order valence-corrected chi connectivity index (χ2v) is 3.64. The van der Waals surface area contributed by atoms with Crippen LogP contribution in [0, 0.1) is 5.92 Å². The Bertz CT molecular complexity index is 322. The van der Waals surface area contributed by atoms with E-state index in [1.54, 1.807) is 12.1 Å². The fraction of sp³-hybridized carbons (Fsp3) is 0.364. The zero-order valence-corrected chi connectivity index (χ0v) is 8.73. The highest BCUT2D eigenvalue weighted by Gasteiger charge is 2.07. The van der Waals surface area contributed by atoms with Crippen LogP contribution in [-0.2, 0) is 4.79 Å². The first-order valence-electron chi connectivity index (χ1n) is 4.90. The van der Waals surface area contributed by atoms with Crippen molar-refractivity contribution < 1.29 is 9.90 Å². The van der Waals surface area contributed by atoms with Gasteiger partial charge >= 0.3 is 0 Å². The summed E-state index contributed by atoms with van der Waals surface area (Å²) in [6, 6.07) is 6.37. The maximum absolute atomic E-state index is 11.4. The van der Waals surface area contributed by atoms with E-state index in [4.69, 9.17) is 10.8 Å². The average molecular weight is 208 g/mol. The maximum atomic E-state index is 11.4. The molecular formula is C11H16N2O2. The van der Waals surface area contributed by atoms with Gasteiger partial charge in [0.05, 0.1) is 0 Å². The van der Waals surface area contributed by atoms with E-state index in [0.717, 1.165) is 0 Å². The minimum absolute atomic E-state index is 0.0568. The van der Waals surface area contributed by atoms with E-state index in [2.05, 4.69) is 5.32 Å². The van der Waals surface area contributed by atoms with Crippen molar-refractivity contribution in [3.8, 4) is 5.75 Å². The van der Waals surface area contributed by atoms with Crippen LogP contribution in [0.25, 0.3) is 0 Å². The van der Waals surface area contributed by atoms with E-state index in [9.17, 15) is 4.79 Å². The van der Waals surface area contributed by atoms with Crippen molar-refractivity contribution >= 4 is 11.6 Å². The van der Waals surface area contributed by atoms with Gasteiger partial charge in [-0.25, -0.2) is 0 Å². The average Bonchev–Trinajstić information content (AvgIpc) is 2.21. The number of nitrogens with two attached hydrogens (primary N) is 1. The summed E-state index contributed by atoms with van der Waals surface area (Å²) in [6.45, 7) is 2.43. The normalized spacial score (nSPS) is 12.1.